The molecule has 0 atom stereocenters. The highest BCUT2D eigenvalue weighted by Crippen LogP contribution is 2.41. The van der Waals surface area contributed by atoms with Gasteiger partial charge in [-0.2, -0.15) is 0 Å². The molecule has 270 valence electrons. The van der Waals surface area contributed by atoms with Crippen LogP contribution in [0.15, 0.2) is 200 Å². The monoisotopic (exact) mass is 720 g/mol. The minimum absolute atomic E-state index is 0.582. The Morgan fingerprint density at radius 1 is 0.339 bits per heavy atom. The zero-order valence-corrected chi connectivity index (χ0v) is 31.6. The molecule has 8 aromatic carbocycles. The number of rotatable bonds is 8. The van der Waals surface area contributed by atoms with E-state index in [9.17, 15) is 0 Å². The van der Waals surface area contributed by atoms with Crippen LogP contribution in [0.5, 0.6) is 0 Å². The van der Waals surface area contributed by atoms with E-state index in [4.69, 9.17) is 0 Å². The van der Waals surface area contributed by atoms with Gasteiger partial charge in [-0.1, -0.05) is 159 Å². The fraction of sp³-hybridized carbons (Fsp3) is 0.111. The number of anilines is 3. The van der Waals surface area contributed by atoms with Crippen molar-refractivity contribution in [2.45, 2.75) is 38.1 Å². The van der Waals surface area contributed by atoms with Crippen LogP contribution in [0, 0.1) is 0 Å². The lowest BCUT2D eigenvalue weighted by atomic mass is 9.92. The van der Waals surface area contributed by atoms with Crippen LogP contribution in [-0.4, -0.2) is 4.57 Å². The molecule has 0 radical (unpaired) electrons. The zero-order valence-electron chi connectivity index (χ0n) is 31.6. The van der Waals surface area contributed by atoms with Gasteiger partial charge in [-0.15, -0.1) is 0 Å². The summed E-state index contributed by atoms with van der Waals surface area (Å²) in [6.45, 7) is 0. The van der Waals surface area contributed by atoms with Gasteiger partial charge in [0.05, 0.1) is 0 Å². The topological polar surface area (TPSA) is 8.17 Å². The highest BCUT2D eigenvalue weighted by Gasteiger charge is 2.21. The van der Waals surface area contributed by atoms with E-state index in [1.807, 2.05) is 0 Å². The second-order valence-electron chi connectivity index (χ2n) is 15.2. The molecule has 2 heteroatoms. The smallest absolute Gasteiger partial charge is 0.0494 e. The van der Waals surface area contributed by atoms with E-state index in [0.29, 0.717) is 6.04 Å². The first-order chi connectivity index (χ1) is 27.8. The highest BCUT2D eigenvalue weighted by atomic mass is 15.1. The van der Waals surface area contributed by atoms with E-state index >= 15 is 0 Å². The fourth-order valence-corrected chi connectivity index (χ4v) is 9.02. The molecule has 9 aromatic rings. The Hall–Kier alpha value is -6.64. The van der Waals surface area contributed by atoms with E-state index in [2.05, 4.69) is 210 Å². The maximum atomic E-state index is 2.65. The molecule has 2 nitrogen and oxygen atoms in total. The summed E-state index contributed by atoms with van der Waals surface area (Å²) in [5.41, 5.74) is 15.9. The quantitative estimate of drug-likeness (QED) is 0.152. The third-order valence-corrected chi connectivity index (χ3v) is 11.8. The maximum Gasteiger partial charge on any atom is 0.0494 e. The predicted molar refractivity (Wildman–Crippen MR) is 238 cm³/mol. The third-order valence-electron chi connectivity index (χ3n) is 11.8. The average molecular weight is 721 g/mol. The minimum atomic E-state index is 0.582. The minimum Gasteiger partial charge on any atom is -0.337 e. The molecule has 1 aromatic heterocycles. The molecule has 0 aliphatic heterocycles. The first kappa shape index (κ1) is 33.9. The second-order valence-corrected chi connectivity index (χ2v) is 15.2. The summed E-state index contributed by atoms with van der Waals surface area (Å²) in [4.78, 5) is 2.33. The Labute approximate surface area is 330 Å². The Bertz CT molecular complexity index is 2750. The van der Waals surface area contributed by atoms with Gasteiger partial charge in [-0.05, 0) is 118 Å². The van der Waals surface area contributed by atoms with Gasteiger partial charge < -0.3 is 9.47 Å². The van der Waals surface area contributed by atoms with Gasteiger partial charge in [0.1, 0.15) is 0 Å². The molecule has 0 unspecified atom stereocenters. The van der Waals surface area contributed by atoms with Crippen molar-refractivity contribution >= 4 is 38.9 Å². The number of aromatic nitrogens is 1. The Morgan fingerprint density at radius 3 is 1.57 bits per heavy atom. The van der Waals surface area contributed by atoms with Gasteiger partial charge in [0.25, 0.3) is 0 Å². The van der Waals surface area contributed by atoms with E-state index in [-0.39, 0.29) is 0 Å². The molecule has 1 saturated carbocycles. The summed E-state index contributed by atoms with van der Waals surface area (Å²) in [7, 11) is 0. The molecule has 1 fully saturated rings. The average Bonchev–Trinajstić information content (AvgIpc) is 3.62. The number of benzene rings is 8. The van der Waals surface area contributed by atoms with Gasteiger partial charge >= 0.3 is 0 Å². The number of hydrogen-bond donors (Lipinski definition) is 0. The molecule has 1 heterocycles. The van der Waals surface area contributed by atoms with Crippen LogP contribution in [0.1, 0.15) is 38.1 Å². The van der Waals surface area contributed by atoms with Gasteiger partial charge in [-0.3, -0.25) is 0 Å². The third kappa shape index (κ3) is 6.37. The molecule has 1 aliphatic rings. The lowest BCUT2D eigenvalue weighted by molar-refractivity contribution is 0.367. The normalized spacial score (nSPS) is 13.3. The van der Waals surface area contributed by atoms with Crippen LogP contribution in [0.25, 0.3) is 66.3 Å². The first-order valence-corrected chi connectivity index (χ1v) is 20.1. The van der Waals surface area contributed by atoms with Crippen molar-refractivity contribution in [3.63, 3.8) is 0 Å². The molecule has 0 N–H and O–H groups in total. The molecule has 0 amide bonds. The van der Waals surface area contributed by atoms with Crippen LogP contribution < -0.4 is 4.90 Å². The maximum absolute atomic E-state index is 2.65. The van der Waals surface area contributed by atoms with Crippen LogP contribution in [0.2, 0.25) is 0 Å². The molecular weight excluding hydrogens is 677 g/mol. The van der Waals surface area contributed by atoms with E-state index < -0.39 is 0 Å². The summed E-state index contributed by atoms with van der Waals surface area (Å²) in [6.07, 6.45) is 6.55. The molecule has 0 bridgehead atoms. The van der Waals surface area contributed by atoms with Crippen molar-refractivity contribution in [1.29, 1.82) is 0 Å². The summed E-state index contributed by atoms with van der Waals surface area (Å²) in [5, 5.41) is 2.71. The molecule has 0 saturated heterocycles. The fourth-order valence-electron chi connectivity index (χ4n) is 9.02. The summed E-state index contributed by atoms with van der Waals surface area (Å²) in [5.74, 6) is 0. The van der Waals surface area contributed by atoms with Crippen LogP contribution in [0.4, 0.5) is 17.1 Å². The second kappa shape index (κ2) is 14.9. The van der Waals surface area contributed by atoms with Gasteiger partial charge in [0.15, 0.2) is 0 Å². The largest absolute Gasteiger partial charge is 0.337 e. The van der Waals surface area contributed by atoms with Crippen molar-refractivity contribution in [1.82, 2.24) is 4.57 Å². The number of fused-ring (bicyclic) bond motifs is 3. The SMILES string of the molecule is c1ccc(-c2ccc(N(c3ccccc3)c3ccc(-c4ccccc4-c4cccc(-c5ccc6c(c5)c5ccccc5n6C5CCCCC5)c4)cc3)cc2)cc1. The highest BCUT2D eigenvalue weighted by molar-refractivity contribution is 6.09. The summed E-state index contributed by atoms with van der Waals surface area (Å²) in [6, 6.07) is 73.7. The predicted octanol–water partition coefficient (Wildman–Crippen LogP) is 15.4. The van der Waals surface area contributed by atoms with Crippen molar-refractivity contribution < 1.29 is 0 Å². The first-order valence-electron chi connectivity index (χ1n) is 20.1. The van der Waals surface area contributed by atoms with Gasteiger partial charge in [0, 0.05) is 44.9 Å². The summed E-state index contributed by atoms with van der Waals surface area (Å²) < 4.78 is 2.65. The number of para-hydroxylation sites is 2. The van der Waals surface area contributed by atoms with Crippen LogP contribution in [0.3, 0.4) is 0 Å². The van der Waals surface area contributed by atoms with E-state index in [0.717, 1.165) is 17.1 Å². The van der Waals surface area contributed by atoms with Crippen molar-refractivity contribution in [3.8, 4) is 44.5 Å². The molecule has 10 rings (SSSR count). The van der Waals surface area contributed by atoms with Crippen molar-refractivity contribution in [3.05, 3.63) is 200 Å². The van der Waals surface area contributed by atoms with Gasteiger partial charge in [-0.25, -0.2) is 0 Å². The van der Waals surface area contributed by atoms with Crippen molar-refractivity contribution in [2.24, 2.45) is 0 Å². The van der Waals surface area contributed by atoms with Crippen LogP contribution in [-0.2, 0) is 0 Å². The lowest BCUT2D eigenvalue weighted by Crippen LogP contribution is -2.12. The zero-order chi connectivity index (χ0) is 37.3. The van der Waals surface area contributed by atoms with Crippen molar-refractivity contribution in [2.75, 3.05) is 4.90 Å². The molecular formula is C54H44N2. The standard InChI is InChI=1S/C54H44N2/c1-4-15-39(16-5-1)40-27-32-47(33-28-40)55(45-19-6-2-7-20-45)48-34-29-41(30-35-48)49-23-10-11-24-50(49)44-18-14-17-42(37-44)43-31-36-54-52(38-43)51-25-12-13-26-53(51)56(54)46-21-8-3-9-22-46/h1-2,4-7,10-20,23-38,46H,3,8-9,21-22H2. The van der Waals surface area contributed by atoms with E-state index in [1.54, 1.807) is 0 Å². The number of nitrogens with zero attached hydrogens (tertiary/aromatic N) is 2. The molecule has 56 heavy (non-hydrogen) atoms. The Morgan fingerprint density at radius 2 is 0.839 bits per heavy atom. The van der Waals surface area contributed by atoms with Crippen LogP contribution >= 0.6 is 0 Å². The molecule has 0 spiro atoms. The summed E-state index contributed by atoms with van der Waals surface area (Å²) >= 11 is 0. The Balaban J connectivity index is 0.983. The lowest BCUT2D eigenvalue weighted by Gasteiger charge is -2.26. The molecule has 1 aliphatic carbocycles. The Kier molecular flexibility index (Phi) is 9.01. The van der Waals surface area contributed by atoms with E-state index in [1.165, 1.54) is 98.4 Å². The number of hydrogen-bond acceptors (Lipinski definition) is 1. The van der Waals surface area contributed by atoms with Gasteiger partial charge in [0.2, 0.25) is 0 Å².